The molecule has 0 fully saturated rings. The number of halogens is 1. The van der Waals surface area contributed by atoms with Gasteiger partial charge in [-0.2, -0.15) is 11.8 Å². The summed E-state index contributed by atoms with van der Waals surface area (Å²) in [4.78, 5) is 0. The number of rotatable bonds is 7. The van der Waals surface area contributed by atoms with Crippen LogP contribution in [0.3, 0.4) is 0 Å². The van der Waals surface area contributed by atoms with Gasteiger partial charge in [0.1, 0.15) is 5.75 Å². The van der Waals surface area contributed by atoms with E-state index in [2.05, 4.69) is 11.9 Å². The van der Waals surface area contributed by atoms with Crippen LogP contribution in [0.25, 0.3) is 0 Å². The van der Waals surface area contributed by atoms with E-state index in [1.54, 1.807) is 12.1 Å². The van der Waals surface area contributed by atoms with Gasteiger partial charge >= 0.3 is 0 Å². The molecule has 2 N–H and O–H groups in total. The maximum absolute atomic E-state index is 9.24. The number of nitrogens with one attached hydrogen (secondary N) is 1. The predicted octanol–water partition coefficient (Wildman–Crippen LogP) is 2.82. The lowest BCUT2D eigenvalue weighted by atomic mass is 10.2. The number of hydrogen-bond acceptors (Lipinski definition) is 3. The van der Waals surface area contributed by atoms with Crippen LogP contribution in [0.5, 0.6) is 5.75 Å². The molecular formula is C12H18ClNOS. The van der Waals surface area contributed by atoms with Crippen LogP contribution in [-0.2, 0) is 6.54 Å². The Hall–Kier alpha value is -0.640. The maximum atomic E-state index is 9.24. The van der Waals surface area contributed by atoms with E-state index in [0.29, 0.717) is 5.75 Å². The van der Waals surface area contributed by atoms with Crippen LogP contribution < -0.4 is 5.32 Å². The predicted molar refractivity (Wildman–Crippen MR) is 74.6 cm³/mol. The number of thioether (sulfide) groups is 1. The molecule has 0 atom stereocenters. The highest BCUT2D eigenvalue weighted by atomic mass is 35.5. The van der Waals surface area contributed by atoms with Gasteiger partial charge in [0.25, 0.3) is 0 Å². The van der Waals surface area contributed by atoms with Crippen molar-refractivity contribution in [3.05, 3.63) is 42.5 Å². The summed E-state index contributed by atoms with van der Waals surface area (Å²) in [6.07, 6.45) is 1.92. The molecular weight excluding hydrogens is 242 g/mol. The van der Waals surface area contributed by atoms with Gasteiger partial charge in [0, 0.05) is 24.6 Å². The van der Waals surface area contributed by atoms with Crippen molar-refractivity contribution in [3.8, 4) is 5.75 Å². The quantitative estimate of drug-likeness (QED) is 0.583. The topological polar surface area (TPSA) is 32.3 Å². The highest BCUT2D eigenvalue weighted by Crippen LogP contribution is 2.10. The summed E-state index contributed by atoms with van der Waals surface area (Å²) in [5.74, 6) is 2.42. The number of benzene rings is 1. The highest BCUT2D eigenvalue weighted by Gasteiger charge is 1.93. The van der Waals surface area contributed by atoms with Crippen LogP contribution in [0, 0.1) is 0 Å². The Morgan fingerprint density at radius 1 is 1.44 bits per heavy atom. The number of phenols is 1. The molecule has 0 saturated heterocycles. The van der Waals surface area contributed by atoms with Crippen molar-refractivity contribution in [2.24, 2.45) is 0 Å². The minimum absolute atomic E-state index is 0. The van der Waals surface area contributed by atoms with Crippen molar-refractivity contribution in [1.29, 1.82) is 0 Å². The van der Waals surface area contributed by atoms with E-state index in [1.165, 1.54) is 0 Å². The van der Waals surface area contributed by atoms with Crippen LogP contribution in [0.4, 0.5) is 0 Å². The molecule has 90 valence electrons. The Morgan fingerprint density at radius 3 is 2.94 bits per heavy atom. The summed E-state index contributed by atoms with van der Waals surface area (Å²) < 4.78 is 0. The molecule has 0 aliphatic rings. The fourth-order valence-electron chi connectivity index (χ4n) is 1.21. The Morgan fingerprint density at radius 2 is 2.25 bits per heavy atom. The standard InChI is InChI=1S/C12H17NOS.ClH/c1-2-7-15-8-6-13-10-11-4-3-5-12(14)9-11;/h2-5,9,13-14H,1,6-8,10H2;1H. The van der Waals surface area contributed by atoms with E-state index in [0.717, 1.165) is 30.2 Å². The molecule has 4 heteroatoms. The van der Waals surface area contributed by atoms with Crippen LogP contribution in [0.15, 0.2) is 36.9 Å². The lowest BCUT2D eigenvalue weighted by Gasteiger charge is -2.04. The molecule has 0 aliphatic carbocycles. The molecule has 0 saturated carbocycles. The van der Waals surface area contributed by atoms with Crippen LogP contribution in [0.1, 0.15) is 5.56 Å². The van der Waals surface area contributed by atoms with Crippen LogP contribution in [-0.4, -0.2) is 23.2 Å². The molecule has 0 heterocycles. The van der Waals surface area contributed by atoms with Crippen molar-refractivity contribution < 1.29 is 5.11 Å². The number of aromatic hydroxyl groups is 1. The van der Waals surface area contributed by atoms with Gasteiger partial charge in [-0.1, -0.05) is 18.2 Å². The molecule has 0 aromatic heterocycles. The van der Waals surface area contributed by atoms with Gasteiger partial charge in [-0.05, 0) is 17.7 Å². The molecule has 0 bridgehead atoms. The Balaban J connectivity index is 0.00000225. The molecule has 1 rings (SSSR count). The third-order valence-electron chi connectivity index (χ3n) is 1.90. The average molecular weight is 260 g/mol. The van der Waals surface area contributed by atoms with Crippen molar-refractivity contribution in [3.63, 3.8) is 0 Å². The molecule has 1 aromatic rings. The zero-order valence-electron chi connectivity index (χ0n) is 9.19. The van der Waals surface area contributed by atoms with Gasteiger partial charge in [-0.15, -0.1) is 19.0 Å². The van der Waals surface area contributed by atoms with Gasteiger partial charge in [-0.3, -0.25) is 0 Å². The molecule has 0 unspecified atom stereocenters. The zero-order chi connectivity index (χ0) is 10.9. The molecule has 16 heavy (non-hydrogen) atoms. The third-order valence-corrected chi connectivity index (χ3v) is 2.86. The fourth-order valence-corrected chi connectivity index (χ4v) is 1.83. The second-order valence-corrected chi connectivity index (χ2v) is 4.36. The Labute approximate surface area is 108 Å². The zero-order valence-corrected chi connectivity index (χ0v) is 10.8. The summed E-state index contributed by atoms with van der Waals surface area (Å²) in [6.45, 7) is 5.46. The smallest absolute Gasteiger partial charge is 0.115 e. The lowest BCUT2D eigenvalue weighted by molar-refractivity contribution is 0.474. The van der Waals surface area contributed by atoms with E-state index in [-0.39, 0.29) is 12.4 Å². The Bertz CT molecular complexity index is 307. The average Bonchev–Trinajstić information content (AvgIpc) is 2.23. The van der Waals surface area contributed by atoms with Gasteiger partial charge in [0.05, 0.1) is 0 Å². The fraction of sp³-hybridized carbons (Fsp3) is 0.333. The third kappa shape index (κ3) is 6.77. The molecule has 0 radical (unpaired) electrons. The number of hydrogen-bond donors (Lipinski definition) is 2. The first kappa shape index (κ1) is 15.4. The summed E-state index contributed by atoms with van der Waals surface area (Å²) in [5, 5.41) is 12.6. The monoisotopic (exact) mass is 259 g/mol. The van der Waals surface area contributed by atoms with Crippen molar-refractivity contribution in [1.82, 2.24) is 5.32 Å². The molecule has 1 aromatic carbocycles. The van der Waals surface area contributed by atoms with Gasteiger partial charge < -0.3 is 10.4 Å². The first-order chi connectivity index (χ1) is 7.33. The Kier molecular flexibility index (Phi) is 9.19. The van der Waals surface area contributed by atoms with Crippen molar-refractivity contribution in [2.45, 2.75) is 6.54 Å². The minimum Gasteiger partial charge on any atom is -0.508 e. The summed E-state index contributed by atoms with van der Waals surface area (Å²) >= 11 is 1.86. The summed E-state index contributed by atoms with van der Waals surface area (Å²) in [5.41, 5.74) is 1.11. The summed E-state index contributed by atoms with van der Waals surface area (Å²) in [6, 6.07) is 7.33. The second-order valence-electron chi connectivity index (χ2n) is 3.21. The van der Waals surface area contributed by atoms with E-state index in [9.17, 15) is 5.11 Å². The molecule has 2 nitrogen and oxygen atoms in total. The largest absolute Gasteiger partial charge is 0.508 e. The summed E-state index contributed by atoms with van der Waals surface area (Å²) in [7, 11) is 0. The van der Waals surface area contributed by atoms with E-state index in [1.807, 2.05) is 30.0 Å². The lowest BCUT2D eigenvalue weighted by Crippen LogP contribution is -2.16. The number of phenolic OH excluding ortho intramolecular Hbond substituents is 1. The SMILES string of the molecule is C=CCSCCNCc1cccc(O)c1.Cl. The van der Waals surface area contributed by atoms with Gasteiger partial charge in [0.15, 0.2) is 0 Å². The van der Waals surface area contributed by atoms with E-state index < -0.39 is 0 Å². The molecule has 0 aliphatic heterocycles. The highest BCUT2D eigenvalue weighted by molar-refractivity contribution is 7.99. The van der Waals surface area contributed by atoms with Crippen molar-refractivity contribution in [2.75, 3.05) is 18.1 Å². The molecule has 0 spiro atoms. The van der Waals surface area contributed by atoms with Crippen LogP contribution >= 0.6 is 24.2 Å². The minimum atomic E-state index is 0. The van der Waals surface area contributed by atoms with Gasteiger partial charge in [0.2, 0.25) is 0 Å². The van der Waals surface area contributed by atoms with Gasteiger partial charge in [-0.25, -0.2) is 0 Å². The maximum Gasteiger partial charge on any atom is 0.115 e. The first-order valence-corrected chi connectivity index (χ1v) is 6.15. The molecule has 0 amide bonds. The van der Waals surface area contributed by atoms with E-state index in [4.69, 9.17) is 0 Å². The van der Waals surface area contributed by atoms with Crippen molar-refractivity contribution >= 4 is 24.2 Å². The first-order valence-electron chi connectivity index (χ1n) is 5.00. The van der Waals surface area contributed by atoms with E-state index >= 15 is 0 Å². The second kappa shape index (κ2) is 9.58. The van der Waals surface area contributed by atoms with Crippen LogP contribution in [0.2, 0.25) is 0 Å². The normalized spacial score (nSPS) is 9.50.